The Morgan fingerprint density at radius 1 is 1.28 bits per heavy atom. The van der Waals surface area contributed by atoms with Crippen molar-refractivity contribution in [2.45, 2.75) is 31.5 Å². The van der Waals surface area contributed by atoms with Gasteiger partial charge < -0.3 is 10.0 Å². The smallest absolute Gasteiger partial charge is 0.394 e. The molecule has 136 valence electrons. The second kappa shape index (κ2) is 7.21. The largest absolute Gasteiger partial charge is 0.417 e. The molecule has 0 radical (unpaired) electrons. The summed E-state index contributed by atoms with van der Waals surface area (Å²) < 4.78 is 39.9. The predicted molar refractivity (Wildman–Crippen MR) is 87.7 cm³/mol. The van der Waals surface area contributed by atoms with Gasteiger partial charge in [0.1, 0.15) is 5.82 Å². The quantitative estimate of drug-likeness (QED) is 0.892. The van der Waals surface area contributed by atoms with Gasteiger partial charge in [0, 0.05) is 37.1 Å². The molecule has 1 saturated heterocycles. The molecule has 0 spiro atoms. The Morgan fingerprint density at radius 3 is 2.60 bits per heavy atom. The highest BCUT2D eigenvalue weighted by atomic mass is 35.5. The van der Waals surface area contributed by atoms with Crippen molar-refractivity contribution in [3.05, 3.63) is 40.8 Å². The number of alkyl halides is 3. The third kappa shape index (κ3) is 3.90. The topological polar surface area (TPSA) is 54.2 Å². The van der Waals surface area contributed by atoms with E-state index in [1.54, 1.807) is 10.9 Å². The lowest BCUT2D eigenvalue weighted by Crippen LogP contribution is -2.34. The predicted octanol–water partition coefficient (Wildman–Crippen LogP) is 3.33. The Morgan fingerprint density at radius 2 is 2.00 bits per heavy atom. The molecule has 2 aromatic rings. The first-order valence-corrected chi connectivity index (χ1v) is 8.38. The van der Waals surface area contributed by atoms with Crippen LogP contribution in [0.5, 0.6) is 0 Å². The lowest BCUT2D eigenvalue weighted by atomic mass is 9.93. The van der Waals surface area contributed by atoms with Gasteiger partial charge in [-0.05, 0) is 25.0 Å². The van der Waals surface area contributed by atoms with Crippen molar-refractivity contribution in [2.75, 3.05) is 24.6 Å². The number of piperidine rings is 1. The van der Waals surface area contributed by atoms with E-state index in [1.807, 2.05) is 11.0 Å². The van der Waals surface area contributed by atoms with E-state index in [1.165, 1.54) is 0 Å². The van der Waals surface area contributed by atoms with Crippen LogP contribution in [0.4, 0.5) is 19.0 Å². The molecule has 0 saturated carbocycles. The van der Waals surface area contributed by atoms with E-state index in [-0.39, 0.29) is 11.6 Å². The van der Waals surface area contributed by atoms with Crippen LogP contribution in [0.25, 0.3) is 0 Å². The summed E-state index contributed by atoms with van der Waals surface area (Å²) in [6.07, 6.45) is -0.283. The minimum absolute atomic E-state index is 0.0126. The minimum Gasteiger partial charge on any atom is -0.394 e. The van der Waals surface area contributed by atoms with Gasteiger partial charge in [-0.3, -0.25) is 4.68 Å². The van der Waals surface area contributed by atoms with Crippen molar-refractivity contribution < 1.29 is 18.3 Å². The third-order valence-corrected chi connectivity index (χ3v) is 4.70. The van der Waals surface area contributed by atoms with Crippen molar-refractivity contribution in [1.29, 1.82) is 0 Å². The van der Waals surface area contributed by atoms with Gasteiger partial charge in [-0.15, -0.1) is 0 Å². The van der Waals surface area contributed by atoms with Crippen LogP contribution in [0.2, 0.25) is 5.02 Å². The molecule has 25 heavy (non-hydrogen) atoms. The summed E-state index contributed by atoms with van der Waals surface area (Å²) in [5.74, 6) is 0.676. The van der Waals surface area contributed by atoms with Crippen LogP contribution in [0.1, 0.15) is 30.0 Å². The van der Waals surface area contributed by atoms with Gasteiger partial charge in [-0.1, -0.05) is 11.6 Å². The Kier molecular flexibility index (Phi) is 5.19. The van der Waals surface area contributed by atoms with Crippen molar-refractivity contribution in [3.8, 4) is 0 Å². The number of aliphatic hydroxyl groups excluding tert-OH is 1. The number of hydrogen-bond acceptors (Lipinski definition) is 4. The van der Waals surface area contributed by atoms with Gasteiger partial charge in [0.05, 0.1) is 23.7 Å². The van der Waals surface area contributed by atoms with E-state index in [2.05, 4.69) is 10.1 Å². The summed E-state index contributed by atoms with van der Waals surface area (Å²) in [5.41, 5.74) is 0.226. The highest BCUT2D eigenvalue weighted by Gasteiger charge is 2.32. The van der Waals surface area contributed by atoms with E-state index in [0.717, 1.165) is 30.8 Å². The average Bonchev–Trinajstić information content (AvgIpc) is 3.03. The van der Waals surface area contributed by atoms with Crippen molar-refractivity contribution in [2.24, 2.45) is 0 Å². The number of hydrogen-bond donors (Lipinski definition) is 1. The number of nitrogens with zero attached hydrogens (tertiary/aromatic N) is 4. The maximum absolute atomic E-state index is 12.7. The van der Waals surface area contributed by atoms with Crippen molar-refractivity contribution in [1.82, 2.24) is 14.8 Å². The lowest BCUT2D eigenvalue weighted by molar-refractivity contribution is -0.137. The summed E-state index contributed by atoms with van der Waals surface area (Å²) >= 11 is 6.03. The first-order valence-electron chi connectivity index (χ1n) is 8.00. The first kappa shape index (κ1) is 18.0. The Bertz CT molecular complexity index is 726. The molecule has 1 aliphatic rings. The van der Waals surface area contributed by atoms with Crippen molar-refractivity contribution in [3.63, 3.8) is 0 Å². The second-order valence-electron chi connectivity index (χ2n) is 5.99. The molecule has 0 atom stereocenters. The molecule has 2 aromatic heterocycles. The fourth-order valence-corrected chi connectivity index (χ4v) is 3.46. The maximum Gasteiger partial charge on any atom is 0.417 e. The zero-order valence-electron chi connectivity index (χ0n) is 13.4. The summed E-state index contributed by atoms with van der Waals surface area (Å²) in [4.78, 5) is 5.83. The van der Waals surface area contributed by atoms with Gasteiger partial charge in [0.15, 0.2) is 0 Å². The number of halogens is 4. The molecule has 0 aliphatic carbocycles. The highest BCUT2D eigenvalue weighted by molar-refractivity contribution is 6.33. The van der Waals surface area contributed by atoms with Crippen molar-refractivity contribution >= 4 is 17.4 Å². The molecule has 1 aliphatic heterocycles. The Balaban J connectivity index is 1.69. The van der Waals surface area contributed by atoms with Crippen LogP contribution in [0.3, 0.4) is 0 Å². The fraction of sp³-hybridized carbons (Fsp3) is 0.500. The summed E-state index contributed by atoms with van der Waals surface area (Å²) in [5, 5.41) is 13.3. The molecule has 1 fully saturated rings. The zero-order chi connectivity index (χ0) is 18.0. The molecular formula is C16H18ClF3N4O. The van der Waals surface area contributed by atoms with E-state index in [0.29, 0.717) is 31.4 Å². The van der Waals surface area contributed by atoms with E-state index in [9.17, 15) is 13.2 Å². The zero-order valence-corrected chi connectivity index (χ0v) is 14.1. The summed E-state index contributed by atoms with van der Waals surface area (Å²) in [6, 6.07) is 2.87. The summed E-state index contributed by atoms with van der Waals surface area (Å²) in [7, 11) is 0. The third-order valence-electron chi connectivity index (χ3n) is 4.42. The number of aliphatic hydroxyl groups is 1. The molecule has 0 amide bonds. The molecule has 1 N–H and O–H groups in total. The molecule has 0 unspecified atom stereocenters. The second-order valence-corrected chi connectivity index (χ2v) is 6.40. The summed E-state index contributed by atoms with van der Waals surface area (Å²) in [6.45, 7) is 1.77. The first-order chi connectivity index (χ1) is 11.9. The van der Waals surface area contributed by atoms with Crippen LogP contribution >= 0.6 is 11.6 Å². The minimum atomic E-state index is -4.45. The van der Waals surface area contributed by atoms with Gasteiger partial charge in [-0.25, -0.2) is 4.98 Å². The molecule has 3 rings (SSSR count). The van der Waals surface area contributed by atoms with Crippen LogP contribution in [0.15, 0.2) is 24.5 Å². The lowest BCUT2D eigenvalue weighted by Gasteiger charge is -2.33. The van der Waals surface area contributed by atoms with Crippen LogP contribution in [0, 0.1) is 0 Å². The molecule has 0 bridgehead atoms. The number of anilines is 1. The monoisotopic (exact) mass is 374 g/mol. The van der Waals surface area contributed by atoms with Gasteiger partial charge in [0.25, 0.3) is 0 Å². The molecule has 5 nitrogen and oxygen atoms in total. The van der Waals surface area contributed by atoms with E-state index < -0.39 is 11.7 Å². The molecule has 9 heteroatoms. The van der Waals surface area contributed by atoms with Crippen LogP contribution in [-0.2, 0) is 12.7 Å². The number of rotatable bonds is 4. The molecular weight excluding hydrogens is 357 g/mol. The SMILES string of the molecule is OCCn1nccc1C1CCN(c2ncc(C(F)(F)F)cc2Cl)CC1. The van der Waals surface area contributed by atoms with Crippen LogP contribution < -0.4 is 4.90 Å². The van der Waals surface area contributed by atoms with Crippen LogP contribution in [-0.4, -0.2) is 39.6 Å². The fourth-order valence-electron chi connectivity index (χ4n) is 3.18. The standard InChI is InChI=1S/C16H18ClF3N4O/c17-13-9-12(16(18,19)20)10-21-15(13)23-5-2-11(3-6-23)14-1-4-22-24(14)7-8-25/h1,4,9-11,25H,2-3,5-8H2. The molecule has 3 heterocycles. The van der Waals surface area contributed by atoms with E-state index >= 15 is 0 Å². The molecule has 0 aromatic carbocycles. The number of pyridine rings is 1. The maximum atomic E-state index is 12.7. The normalized spacial score (nSPS) is 16.4. The van der Waals surface area contributed by atoms with Gasteiger partial charge in [-0.2, -0.15) is 18.3 Å². The van der Waals surface area contributed by atoms with Gasteiger partial charge >= 0.3 is 6.18 Å². The van der Waals surface area contributed by atoms with E-state index in [4.69, 9.17) is 16.7 Å². The number of aromatic nitrogens is 3. The highest BCUT2D eigenvalue weighted by Crippen LogP contribution is 2.36. The van der Waals surface area contributed by atoms with Gasteiger partial charge in [0.2, 0.25) is 0 Å². The Labute approximate surface area is 148 Å². The Hall–Kier alpha value is -1.80. The average molecular weight is 375 g/mol.